The van der Waals surface area contributed by atoms with Crippen molar-refractivity contribution in [3.05, 3.63) is 24.0 Å². The Morgan fingerprint density at radius 2 is 2.22 bits per heavy atom. The lowest BCUT2D eigenvalue weighted by molar-refractivity contribution is -0.138. The molecule has 0 aromatic carbocycles. The quantitative estimate of drug-likeness (QED) is 0.818. The molecule has 94 valence electrons. The summed E-state index contributed by atoms with van der Waals surface area (Å²) in [6, 6.07) is 4.94. The van der Waals surface area contributed by atoms with Crippen LogP contribution in [0.1, 0.15) is 25.5 Å². The van der Waals surface area contributed by atoms with Crippen LogP contribution in [-0.2, 0) is 9.59 Å². The SMILES string of the molecule is CC(CC(=O)O)CC(=O)Nc1ccc(C#N)nc1. The average molecular weight is 247 g/mol. The van der Waals surface area contributed by atoms with E-state index in [4.69, 9.17) is 10.4 Å². The average Bonchev–Trinajstić information content (AvgIpc) is 2.28. The van der Waals surface area contributed by atoms with Crippen LogP contribution in [0.5, 0.6) is 0 Å². The van der Waals surface area contributed by atoms with E-state index in [1.807, 2.05) is 6.07 Å². The Balaban J connectivity index is 2.49. The van der Waals surface area contributed by atoms with Crippen LogP contribution in [0.25, 0.3) is 0 Å². The molecule has 1 aromatic rings. The van der Waals surface area contributed by atoms with Gasteiger partial charge < -0.3 is 10.4 Å². The third-order valence-corrected chi connectivity index (χ3v) is 2.22. The molecule has 0 radical (unpaired) electrons. The molecule has 1 unspecified atom stereocenters. The van der Waals surface area contributed by atoms with Crippen molar-refractivity contribution in [2.75, 3.05) is 5.32 Å². The van der Waals surface area contributed by atoms with Gasteiger partial charge in [-0.05, 0) is 18.1 Å². The van der Waals surface area contributed by atoms with E-state index in [-0.39, 0.29) is 30.4 Å². The first-order valence-corrected chi connectivity index (χ1v) is 5.39. The summed E-state index contributed by atoms with van der Waals surface area (Å²) < 4.78 is 0. The van der Waals surface area contributed by atoms with E-state index in [2.05, 4.69) is 10.3 Å². The van der Waals surface area contributed by atoms with Crippen LogP contribution in [-0.4, -0.2) is 22.0 Å². The molecule has 18 heavy (non-hydrogen) atoms. The summed E-state index contributed by atoms with van der Waals surface area (Å²) >= 11 is 0. The monoisotopic (exact) mass is 247 g/mol. The maximum Gasteiger partial charge on any atom is 0.303 e. The molecule has 0 aliphatic rings. The molecule has 0 bridgehead atoms. The van der Waals surface area contributed by atoms with Gasteiger partial charge in [0.15, 0.2) is 0 Å². The second-order valence-electron chi connectivity index (χ2n) is 4.00. The fraction of sp³-hybridized carbons (Fsp3) is 0.333. The standard InChI is InChI=1S/C12H13N3O3/c1-8(5-12(17)18)4-11(16)15-10-3-2-9(6-13)14-7-10/h2-3,7-8H,4-5H2,1H3,(H,15,16)(H,17,18). The van der Waals surface area contributed by atoms with Gasteiger partial charge in [0.1, 0.15) is 11.8 Å². The zero-order valence-corrected chi connectivity index (χ0v) is 9.88. The summed E-state index contributed by atoms with van der Waals surface area (Å²) in [6.45, 7) is 1.70. The third-order valence-electron chi connectivity index (χ3n) is 2.22. The van der Waals surface area contributed by atoms with Crippen LogP contribution in [0.3, 0.4) is 0 Å². The van der Waals surface area contributed by atoms with Crippen molar-refractivity contribution in [1.82, 2.24) is 4.98 Å². The summed E-state index contributed by atoms with van der Waals surface area (Å²) in [5, 5.41) is 19.7. The van der Waals surface area contributed by atoms with Crippen LogP contribution in [0.4, 0.5) is 5.69 Å². The largest absolute Gasteiger partial charge is 0.481 e. The van der Waals surface area contributed by atoms with Crippen molar-refractivity contribution in [2.45, 2.75) is 19.8 Å². The second kappa shape index (κ2) is 6.35. The Hall–Kier alpha value is -2.42. The van der Waals surface area contributed by atoms with Crippen LogP contribution in [0, 0.1) is 17.2 Å². The van der Waals surface area contributed by atoms with Gasteiger partial charge in [-0.25, -0.2) is 4.98 Å². The van der Waals surface area contributed by atoms with Crippen molar-refractivity contribution in [1.29, 1.82) is 5.26 Å². The molecule has 1 heterocycles. The number of aliphatic carboxylic acids is 1. The number of carbonyl (C=O) groups excluding carboxylic acids is 1. The topological polar surface area (TPSA) is 103 Å². The number of nitrogens with zero attached hydrogens (tertiary/aromatic N) is 2. The summed E-state index contributed by atoms with van der Waals surface area (Å²) in [5.74, 6) is -1.42. The number of anilines is 1. The van der Waals surface area contributed by atoms with Crippen molar-refractivity contribution in [2.24, 2.45) is 5.92 Å². The summed E-state index contributed by atoms with van der Waals surface area (Å²) in [7, 11) is 0. The van der Waals surface area contributed by atoms with Crippen molar-refractivity contribution in [3.63, 3.8) is 0 Å². The minimum absolute atomic E-state index is 0.0426. The van der Waals surface area contributed by atoms with Gasteiger partial charge in [0.25, 0.3) is 0 Å². The zero-order chi connectivity index (χ0) is 13.5. The first-order chi connectivity index (χ1) is 8.51. The molecule has 0 fully saturated rings. The van der Waals surface area contributed by atoms with E-state index in [1.54, 1.807) is 13.0 Å². The molecule has 1 amide bonds. The van der Waals surface area contributed by atoms with Gasteiger partial charge in [0.2, 0.25) is 5.91 Å². The number of amides is 1. The molecular weight excluding hydrogens is 234 g/mol. The van der Waals surface area contributed by atoms with E-state index in [9.17, 15) is 9.59 Å². The number of aromatic nitrogens is 1. The highest BCUT2D eigenvalue weighted by molar-refractivity contribution is 5.90. The predicted octanol–water partition coefficient (Wildman–Crippen LogP) is 1.39. The number of hydrogen-bond donors (Lipinski definition) is 2. The molecule has 0 spiro atoms. The maximum absolute atomic E-state index is 11.6. The highest BCUT2D eigenvalue weighted by Gasteiger charge is 2.12. The molecular formula is C12H13N3O3. The van der Waals surface area contributed by atoms with E-state index in [0.29, 0.717) is 5.69 Å². The number of carbonyl (C=O) groups is 2. The summed E-state index contributed by atoms with van der Waals surface area (Å²) in [4.78, 5) is 25.8. The minimum atomic E-state index is -0.921. The van der Waals surface area contributed by atoms with Crippen molar-refractivity contribution >= 4 is 17.6 Å². The Morgan fingerprint density at radius 1 is 1.50 bits per heavy atom. The number of rotatable bonds is 5. The van der Waals surface area contributed by atoms with Gasteiger partial charge in [0, 0.05) is 12.8 Å². The van der Waals surface area contributed by atoms with Crippen molar-refractivity contribution < 1.29 is 14.7 Å². The Labute approximate surface area is 104 Å². The first-order valence-electron chi connectivity index (χ1n) is 5.39. The van der Waals surface area contributed by atoms with Crippen LogP contribution >= 0.6 is 0 Å². The Morgan fingerprint density at radius 3 is 2.72 bits per heavy atom. The maximum atomic E-state index is 11.6. The lowest BCUT2D eigenvalue weighted by Crippen LogP contribution is -2.17. The molecule has 1 atom stereocenters. The molecule has 1 rings (SSSR count). The summed E-state index contributed by atoms with van der Waals surface area (Å²) in [5.41, 5.74) is 0.758. The summed E-state index contributed by atoms with van der Waals surface area (Å²) in [6.07, 6.45) is 1.48. The highest BCUT2D eigenvalue weighted by Crippen LogP contribution is 2.11. The van der Waals surface area contributed by atoms with Gasteiger partial charge in [-0.15, -0.1) is 0 Å². The molecule has 1 aromatic heterocycles. The predicted molar refractivity (Wildman–Crippen MR) is 63.6 cm³/mol. The van der Waals surface area contributed by atoms with Crippen LogP contribution < -0.4 is 5.32 Å². The van der Waals surface area contributed by atoms with Gasteiger partial charge in [-0.1, -0.05) is 6.92 Å². The van der Waals surface area contributed by atoms with E-state index in [0.717, 1.165) is 0 Å². The van der Waals surface area contributed by atoms with Gasteiger partial charge in [0.05, 0.1) is 11.9 Å². The molecule has 6 heteroatoms. The molecule has 6 nitrogen and oxygen atoms in total. The Kier molecular flexibility index (Phi) is 4.81. The number of carboxylic acid groups (broad SMARTS) is 1. The normalized spacial score (nSPS) is 11.3. The molecule has 0 saturated heterocycles. The van der Waals surface area contributed by atoms with E-state index < -0.39 is 5.97 Å². The van der Waals surface area contributed by atoms with Gasteiger partial charge in [-0.2, -0.15) is 5.26 Å². The number of nitriles is 1. The Bertz CT molecular complexity index is 476. The number of pyridine rings is 1. The molecule has 2 N–H and O–H groups in total. The van der Waals surface area contributed by atoms with Gasteiger partial charge in [-0.3, -0.25) is 9.59 Å². The number of nitrogens with one attached hydrogen (secondary N) is 1. The third kappa shape index (κ3) is 4.61. The van der Waals surface area contributed by atoms with Crippen LogP contribution in [0.15, 0.2) is 18.3 Å². The first kappa shape index (κ1) is 13.6. The fourth-order valence-corrected chi connectivity index (χ4v) is 1.43. The molecule has 0 aliphatic heterocycles. The number of carboxylic acids is 1. The number of hydrogen-bond acceptors (Lipinski definition) is 4. The van der Waals surface area contributed by atoms with Gasteiger partial charge >= 0.3 is 5.97 Å². The lowest BCUT2D eigenvalue weighted by Gasteiger charge is -2.09. The van der Waals surface area contributed by atoms with Crippen molar-refractivity contribution in [3.8, 4) is 6.07 Å². The molecule has 0 aliphatic carbocycles. The minimum Gasteiger partial charge on any atom is -0.481 e. The van der Waals surface area contributed by atoms with E-state index in [1.165, 1.54) is 12.3 Å². The molecule has 0 saturated carbocycles. The second-order valence-corrected chi connectivity index (χ2v) is 4.00. The van der Waals surface area contributed by atoms with Crippen LogP contribution in [0.2, 0.25) is 0 Å². The zero-order valence-electron chi connectivity index (χ0n) is 9.88. The lowest BCUT2D eigenvalue weighted by atomic mass is 10.0. The fourth-order valence-electron chi connectivity index (χ4n) is 1.43. The highest BCUT2D eigenvalue weighted by atomic mass is 16.4. The smallest absolute Gasteiger partial charge is 0.303 e. The van der Waals surface area contributed by atoms with E-state index >= 15 is 0 Å².